The fourth-order valence-electron chi connectivity index (χ4n) is 5.91. The summed E-state index contributed by atoms with van der Waals surface area (Å²) in [5, 5.41) is 9.21. The van der Waals surface area contributed by atoms with Crippen LogP contribution in [0.3, 0.4) is 0 Å². The van der Waals surface area contributed by atoms with Gasteiger partial charge in [-0.15, -0.1) is 0 Å². The van der Waals surface area contributed by atoms with E-state index in [1.54, 1.807) is 12.1 Å². The predicted molar refractivity (Wildman–Crippen MR) is 100.0 cm³/mol. The highest BCUT2D eigenvalue weighted by molar-refractivity contribution is 5.67. The Hall–Kier alpha value is -1.56. The average Bonchev–Trinajstić information content (AvgIpc) is 2.98. The Kier molecular flexibility index (Phi) is 5.43. The molecular weight excluding hydrogens is 367 g/mol. The quantitative estimate of drug-likeness (QED) is 0.765. The molecule has 1 N–H and O–H groups in total. The summed E-state index contributed by atoms with van der Waals surface area (Å²) in [6, 6.07) is 5.88. The first-order chi connectivity index (χ1) is 13.3. The molecule has 1 aromatic rings. The number of benzene rings is 1. The van der Waals surface area contributed by atoms with E-state index in [1.165, 1.54) is 31.4 Å². The first-order valence-corrected chi connectivity index (χ1v) is 10.4. The number of carbonyl (C=O) groups is 1. The van der Waals surface area contributed by atoms with E-state index in [0.717, 1.165) is 49.8 Å². The number of piperidine rings is 1. The summed E-state index contributed by atoms with van der Waals surface area (Å²) in [5.41, 5.74) is 0.299. The molecule has 6 heteroatoms. The van der Waals surface area contributed by atoms with Crippen molar-refractivity contribution in [3.05, 3.63) is 35.4 Å². The van der Waals surface area contributed by atoms with Gasteiger partial charge in [0.15, 0.2) is 0 Å². The number of aliphatic carboxylic acids is 1. The Morgan fingerprint density at radius 1 is 1.00 bits per heavy atom. The topological polar surface area (TPSA) is 40.5 Å². The molecule has 0 amide bonds. The molecule has 3 fully saturated rings. The van der Waals surface area contributed by atoms with Gasteiger partial charge in [-0.1, -0.05) is 12.1 Å². The number of rotatable bonds is 4. The Labute approximate surface area is 163 Å². The van der Waals surface area contributed by atoms with E-state index in [-0.39, 0.29) is 18.3 Å². The second-order valence-electron chi connectivity index (χ2n) is 9.07. The summed E-state index contributed by atoms with van der Waals surface area (Å²) in [7, 11) is 0. The number of hydrogen-bond donors (Lipinski definition) is 1. The summed E-state index contributed by atoms with van der Waals surface area (Å²) in [5.74, 6) is 0.929. The van der Waals surface area contributed by atoms with Gasteiger partial charge in [0.25, 0.3) is 0 Å². The number of nitrogens with zero attached hydrogens (tertiary/aromatic N) is 1. The zero-order valence-corrected chi connectivity index (χ0v) is 16.0. The Bertz CT molecular complexity index is 691. The number of halogens is 3. The molecular formula is C22H28F3NO2. The second-order valence-corrected chi connectivity index (χ2v) is 9.07. The molecule has 4 rings (SSSR count). The maximum Gasteiger partial charge on any atom is 0.416 e. The highest BCUT2D eigenvalue weighted by Crippen LogP contribution is 2.45. The van der Waals surface area contributed by atoms with Crippen molar-refractivity contribution < 1.29 is 23.1 Å². The van der Waals surface area contributed by atoms with Crippen molar-refractivity contribution in [3.63, 3.8) is 0 Å². The minimum atomic E-state index is -4.33. The monoisotopic (exact) mass is 395 g/mol. The number of likely N-dealkylation sites (tertiary alicyclic amines) is 1. The standard InChI is InChI=1S/C22H28F3NO2/c23-22(24,25)18-6-4-17(5-7-18)19-10-14(11-21(27)28)3-8-20(19)26-12-15-1-2-16(9-15)13-26/h4-7,14-16,19-20H,1-3,8-13H2,(H,27,28). The smallest absolute Gasteiger partial charge is 0.416 e. The largest absolute Gasteiger partial charge is 0.481 e. The molecule has 3 aliphatic rings. The lowest BCUT2D eigenvalue weighted by molar-refractivity contribution is -0.139. The van der Waals surface area contributed by atoms with Gasteiger partial charge in [0.1, 0.15) is 0 Å². The molecule has 3 nitrogen and oxygen atoms in total. The third kappa shape index (κ3) is 4.22. The van der Waals surface area contributed by atoms with Crippen LogP contribution < -0.4 is 0 Å². The Balaban J connectivity index is 1.57. The molecule has 0 aromatic heterocycles. The maximum atomic E-state index is 13.0. The van der Waals surface area contributed by atoms with Crippen LogP contribution in [0.15, 0.2) is 24.3 Å². The van der Waals surface area contributed by atoms with Crippen LogP contribution in [0.2, 0.25) is 0 Å². The number of carboxylic acid groups (broad SMARTS) is 1. The summed E-state index contributed by atoms with van der Waals surface area (Å²) in [6.45, 7) is 2.17. The van der Waals surface area contributed by atoms with Crippen molar-refractivity contribution in [1.29, 1.82) is 0 Å². The molecule has 1 aromatic carbocycles. The van der Waals surface area contributed by atoms with Gasteiger partial charge in [-0.25, -0.2) is 0 Å². The molecule has 0 radical (unpaired) electrons. The third-order valence-corrected chi connectivity index (χ3v) is 7.16. The van der Waals surface area contributed by atoms with Crippen molar-refractivity contribution in [3.8, 4) is 0 Å². The van der Waals surface area contributed by atoms with Crippen molar-refractivity contribution in [2.24, 2.45) is 17.8 Å². The van der Waals surface area contributed by atoms with Gasteiger partial charge < -0.3 is 5.11 Å². The first kappa shape index (κ1) is 19.7. The normalized spacial score (nSPS) is 33.8. The van der Waals surface area contributed by atoms with Gasteiger partial charge in [0, 0.05) is 25.6 Å². The highest BCUT2D eigenvalue weighted by atomic mass is 19.4. The lowest BCUT2D eigenvalue weighted by atomic mass is 9.72. The maximum absolute atomic E-state index is 13.0. The molecule has 1 aliphatic heterocycles. The second kappa shape index (κ2) is 7.69. The number of alkyl halides is 3. The summed E-state index contributed by atoms with van der Waals surface area (Å²) in [6.07, 6.45) is 2.28. The summed E-state index contributed by atoms with van der Waals surface area (Å²) >= 11 is 0. The lowest BCUT2D eigenvalue weighted by Crippen LogP contribution is -2.48. The van der Waals surface area contributed by atoms with Crippen LogP contribution in [0.1, 0.15) is 62.0 Å². The zero-order chi connectivity index (χ0) is 19.9. The number of carboxylic acids is 1. The van der Waals surface area contributed by atoms with Crippen LogP contribution in [0.4, 0.5) is 13.2 Å². The molecule has 2 bridgehead atoms. The van der Waals surface area contributed by atoms with Crippen LogP contribution in [-0.4, -0.2) is 35.1 Å². The van der Waals surface area contributed by atoms with Gasteiger partial charge in [-0.3, -0.25) is 9.69 Å². The van der Waals surface area contributed by atoms with Crippen molar-refractivity contribution in [2.45, 2.75) is 63.1 Å². The third-order valence-electron chi connectivity index (χ3n) is 7.16. The van der Waals surface area contributed by atoms with Crippen molar-refractivity contribution in [2.75, 3.05) is 13.1 Å². The van der Waals surface area contributed by atoms with Crippen LogP contribution >= 0.6 is 0 Å². The molecule has 5 atom stereocenters. The van der Waals surface area contributed by atoms with Gasteiger partial charge in [0.2, 0.25) is 0 Å². The van der Waals surface area contributed by atoms with Crippen LogP contribution in [0.25, 0.3) is 0 Å². The van der Waals surface area contributed by atoms with Crippen molar-refractivity contribution in [1.82, 2.24) is 4.90 Å². The van der Waals surface area contributed by atoms with Crippen LogP contribution in [-0.2, 0) is 11.0 Å². The minimum Gasteiger partial charge on any atom is -0.481 e. The van der Waals surface area contributed by atoms with Gasteiger partial charge in [-0.05, 0) is 79.9 Å². The number of fused-ring (bicyclic) bond motifs is 2. The van der Waals surface area contributed by atoms with E-state index in [1.807, 2.05) is 0 Å². The van der Waals surface area contributed by atoms with E-state index in [0.29, 0.717) is 6.04 Å². The van der Waals surface area contributed by atoms with Gasteiger partial charge >= 0.3 is 12.1 Å². The van der Waals surface area contributed by atoms with E-state index in [2.05, 4.69) is 4.90 Å². The predicted octanol–water partition coefficient (Wildman–Crippen LogP) is 5.16. The summed E-state index contributed by atoms with van der Waals surface area (Å²) < 4.78 is 38.9. The SMILES string of the molecule is O=C(O)CC1CCC(N2CC3CCC(C3)C2)C(c2ccc(C(F)(F)F)cc2)C1. The molecule has 1 heterocycles. The Morgan fingerprint density at radius 3 is 2.21 bits per heavy atom. The lowest BCUT2D eigenvalue weighted by Gasteiger charge is -2.45. The molecule has 28 heavy (non-hydrogen) atoms. The van der Waals surface area contributed by atoms with Crippen LogP contribution in [0.5, 0.6) is 0 Å². The highest BCUT2D eigenvalue weighted by Gasteiger charge is 2.41. The molecule has 1 saturated heterocycles. The van der Waals surface area contributed by atoms with E-state index < -0.39 is 17.7 Å². The molecule has 2 saturated carbocycles. The minimum absolute atomic E-state index is 0.0996. The van der Waals surface area contributed by atoms with Gasteiger partial charge in [-0.2, -0.15) is 13.2 Å². The van der Waals surface area contributed by atoms with E-state index in [9.17, 15) is 23.1 Å². The molecule has 5 unspecified atom stereocenters. The Morgan fingerprint density at radius 2 is 1.64 bits per heavy atom. The van der Waals surface area contributed by atoms with E-state index >= 15 is 0 Å². The van der Waals surface area contributed by atoms with E-state index in [4.69, 9.17) is 0 Å². The fourth-order valence-corrected chi connectivity index (χ4v) is 5.91. The molecule has 0 spiro atoms. The number of hydrogen-bond acceptors (Lipinski definition) is 2. The van der Waals surface area contributed by atoms with Gasteiger partial charge in [0.05, 0.1) is 5.56 Å². The molecule has 2 aliphatic carbocycles. The fraction of sp³-hybridized carbons (Fsp3) is 0.682. The zero-order valence-electron chi connectivity index (χ0n) is 16.0. The first-order valence-electron chi connectivity index (χ1n) is 10.4. The molecule has 154 valence electrons. The van der Waals surface area contributed by atoms with Crippen molar-refractivity contribution >= 4 is 5.97 Å². The average molecular weight is 395 g/mol. The summed E-state index contributed by atoms with van der Waals surface area (Å²) in [4.78, 5) is 13.8. The van der Waals surface area contributed by atoms with Crippen LogP contribution in [0, 0.1) is 17.8 Å².